The van der Waals surface area contributed by atoms with Gasteiger partial charge in [0.25, 0.3) is 0 Å². The van der Waals surface area contributed by atoms with Crippen molar-refractivity contribution in [1.82, 2.24) is 15.1 Å². The predicted octanol–water partition coefficient (Wildman–Crippen LogP) is 4.80. The van der Waals surface area contributed by atoms with E-state index in [1.807, 2.05) is 0 Å². The zero-order valence-electron chi connectivity index (χ0n) is 17.2. The Morgan fingerprint density at radius 2 is 1.57 bits per heavy atom. The summed E-state index contributed by atoms with van der Waals surface area (Å²) >= 11 is 0. The third kappa shape index (κ3) is 3.07. The van der Waals surface area contributed by atoms with Gasteiger partial charge in [-0.2, -0.15) is 0 Å². The number of rotatable bonds is 3. The molecule has 0 spiro atoms. The van der Waals surface area contributed by atoms with Crippen LogP contribution in [0.15, 0.2) is 28.7 Å². The summed E-state index contributed by atoms with van der Waals surface area (Å²) in [4.78, 5) is 15.7. The first-order valence-electron chi connectivity index (χ1n) is 11.5. The second-order valence-electron chi connectivity index (χ2n) is 10.2. The van der Waals surface area contributed by atoms with Crippen molar-refractivity contribution in [3.63, 3.8) is 0 Å². The fourth-order valence-corrected chi connectivity index (χ4v) is 7.15. The number of aromatic nitrogens is 2. The molecule has 7 rings (SSSR count). The summed E-state index contributed by atoms with van der Waals surface area (Å²) in [5.41, 5.74) is 0.673. The van der Waals surface area contributed by atoms with Crippen LogP contribution >= 0.6 is 0 Å². The van der Waals surface area contributed by atoms with E-state index in [1.165, 1.54) is 31.4 Å². The highest BCUT2D eigenvalue weighted by Crippen LogP contribution is 2.60. The number of amides is 1. The van der Waals surface area contributed by atoms with Crippen LogP contribution in [-0.2, 0) is 4.79 Å². The molecule has 1 aromatic heterocycles. The topological polar surface area (TPSA) is 59.2 Å². The van der Waals surface area contributed by atoms with Crippen molar-refractivity contribution < 1.29 is 13.6 Å². The predicted molar refractivity (Wildman–Crippen MR) is 109 cm³/mol. The van der Waals surface area contributed by atoms with Gasteiger partial charge in [0.05, 0.1) is 5.41 Å². The van der Waals surface area contributed by atoms with Gasteiger partial charge in [0.15, 0.2) is 0 Å². The molecule has 30 heavy (non-hydrogen) atoms. The molecule has 158 valence electrons. The molecule has 5 aliphatic rings. The molecule has 6 heteroatoms. The number of nitrogens with zero attached hydrogens (tertiary/aromatic N) is 3. The van der Waals surface area contributed by atoms with E-state index in [4.69, 9.17) is 4.42 Å². The van der Waals surface area contributed by atoms with Crippen LogP contribution in [0.25, 0.3) is 11.5 Å². The van der Waals surface area contributed by atoms with Gasteiger partial charge in [0.2, 0.25) is 17.7 Å². The summed E-state index contributed by atoms with van der Waals surface area (Å²) in [6, 6.07) is 6.10. The van der Waals surface area contributed by atoms with Crippen molar-refractivity contribution in [1.29, 1.82) is 0 Å². The first kappa shape index (κ1) is 18.5. The Hall–Kier alpha value is -2.24. The Morgan fingerprint density at radius 3 is 2.17 bits per heavy atom. The number of hydrogen-bond donors (Lipinski definition) is 0. The summed E-state index contributed by atoms with van der Waals surface area (Å²) in [5.74, 6) is 3.77. The Morgan fingerprint density at radius 1 is 0.967 bits per heavy atom. The average molecular weight is 410 g/mol. The molecule has 0 unspecified atom stereocenters. The quantitative estimate of drug-likeness (QED) is 0.731. The van der Waals surface area contributed by atoms with E-state index in [1.54, 1.807) is 12.1 Å². The molecule has 4 saturated carbocycles. The monoisotopic (exact) mass is 409 g/mol. The third-order valence-corrected chi connectivity index (χ3v) is 8.16. The van der Waals surface area contributed by atoms with E-state index < -0.39 is 0 Å². The normalized spacial score (nSPS) is 33.2. The number of hydrogen-bond acceptors (Lipinski definition) is 4. The molecular weight excluding hydrogens is 381 g/mol. The lowest BCUT2D eigenvalue weighted by Crippen LogP contribution is -2.55. The maximum atomic E-state index is 13.6. The summed E-state index contributed by atoms with van der Waals surface area (Å²) < 4.78 is 19.0. The van der Waals surface area contributed by atoms with E-state index in [-0.39, 0.29) is 17.2 Å². The van der Waals surface area contributed by atoms with Crippen LogP contribution in [0.3, 0.4) is 0 Å². The van der Waals surface area contributed by atoms with Gasteiger partial charge >= 0.3 is 0 Å². The lowest BCUT2D eigenvalue weighted by molar-refractivity contribution is -0.158. The molecule has 1 amide bonds. The average Bonchev–Trinajstić information content (AvgIpc) is 3.23. The highest BCUT2D eigenvalue weighted by molar-refractivity contribution is 5.83. The van der Waals surface area contributed by atoms with Gasteiger partial charge in [-0.05, 0) is 93.4 Å². The number of likely N-dealkylation sites (tertiary alicyclic amines) is 1. The van der Waals surface area contributed by atoms with Gasteiger partial charge in [-0.3, -0.25) is 4.79 Å². The maximum absolute atomic E-state index is 13.6. The Bertz CT molecular complexity index is 910. The molecular formula is C24H28FN3O2. The van der Waals surface area contributed by atoms with Gasteiger partial charge in [-0.25, -0.2) is 4.39 Å². The zero-order chi connectivity index (χ0) is 20.3. The molecule has 1 aromatic carbocycles. The number of benzene rings is 1. The van der Waals surface area contributed by atoms with Gasteiger partial charge in [-0.15, -0.1) is 10.2 Å². The van der Waals surface area contributed by atoms with E-state index >= 15 is 0 Å². The van der Waals surface area contributed by atoms with Crippen LogP contribution in [0.5, 0.6) is 0 Å². The van der Waals surface area contributed by atoms with Crippen LogP contribution in [0, 0.1) is 29.0 Å². The first-order valence-corrected chi connectivity index (χ1v) is 11.5. The van der Waals surface area contributed by atoms with Crippen molar-refractivity contribution in [2.75, 3.05) is 13.1 Å². The van der Waals surface area contributed by atoms with Gasteiger partial charge in [0, 0.05) is 24.6 Å². The number of carbonyl (C=O) groups is 1. The zero-order valence-corrected chi connectivity index (χ0v) is 17.2. The Labute approximate surface area is 176 Å². The fourth-order valence-electron chi connectivity index (χ4n) is 7.15. The van der Waals surface area contributed by atoms with Crippen LogP contribution in [-0.4, -0.2) is 34.1 Å². The largest absolute Gasteiger partial charge is 0.420 e. The standard InChI is InChI=1S/C24H28FN3O2/c25-20-3-1-18(2-4-20)21-26-27-22(30-21)19-5-7-28(8-6-19)23(29)24-12-15-9-16(13-24)11-17(10-15)14-24/h1-4,15-17,19H,5-14H2. The molecule has 4 aliphatic carbocycles. The molecule has 1 aliphatic heterocycles. The minimum absolute atomic E-state index is 0.0537. The molecule has 2 aromatic rings. The molecule has 1 saturated heterocycles. The number of piperidine rings is 1. The molecule has 4 bridgehead atoms. The van der Waals surface area contributed by atoms with E-state index in [2.05, 4.69) is 15.1 Å². The van der Waals surface area contributed by atoms with Crippen molar-refractivity contribution >= 4 is 5.91 Å². The van der Waals surface area contributed by atoms with Crippen LogP contribution in [0.1, 0.15) is 63.2 Å². The Kier molecular flexibility index (Phi) is 4.26. The molecule has 0 atom stereocenters. The lowest BCUT2D eigenvalue weighted by atomic mass is 9.49. The van der Waals surface area contributed by atoms with Crippen molar-refractivity contribution in [2.24, 2.45) is 23.2 Å². The summed E-state index contributed by atoms with van der Waals surface area (Å²) in [6.45, 7) is 1.55. The minimum Gasteiger partial charge on any atom is -0.420 e. The summed E-state index contributed by atoms with van der Waals surface area (Å²) in [7, 11) is 0. The van der Waals surface area contributed by atoms with Crippen molar-refractivity contribution in [3.05, 3.63) is 36.0 Å². The highest BCUT2D eigenvalue weighted by Gasteiger charge is 2.55. The second-order valence-corrected chi connectivity index (χ2v) is 10.2. The summed E-state index contributed by atoms with van der Waals surface area (Å²) in [5, 5.41) is 8.40. The lowest BCUT2D eigenvalue weighted by Gasteiger charge is -2.57. The van der Waals surface area contributed by atoms with Crippen LogP contribution in [0.2, 0.25) is 0 Å². The van der Waals surface area contributed by atoms with Crippen LogP contribution < -0.4 is 0 Å². The first-order chi connectivity index (χ1) is 14.6. The number of carbonyl (C=O) groups excluding carboxylic acids is 1. The van der Waals surface area contributed by atoms with Gasteiger partial charge < -0.3 is 9.32 Å². The maximum Gasteiger partial charge on any atom is 0.247 e. The third-order valence-electron chi connectivity index (χ3n) is 8.16. The second kappa shape index (κ2) is 6.89. The number of halogens is 1. The van der Waals surface area contributed by atoms with E-state index in [0.29, 0.717) is 17.7 Å². The SMILES string of the molecule is O=C(N1CCC(c2nnc(-c3ccc(F)cc3)o2)CC1)C12CC3CC(CC(C3)C1)C2. The highest BCUT2D eigenvalue weighted by atomic mass is 19.1. The molecule has 5 fully saturated rings. The minimum atomic E-state index is -0.283. The molecule has 0 radical (unpaired) electrons. The Balaban J connectivity index is 1.12. The molecule has 5 nitrogen and oxygen atoms in total. The van der Waals surface area contributed by atoms with E-state index in [9.17, 15) is 9.18 Å². The van der Waals surface area contributed by atoms with E-state index in [0.717, 1.165) is 68.5 Å². The van der Waals surface area contributed by atoms with Crippen molar-refractivity contribution in [2.45, 2.75) is 57.3 Å². The molecule has 2 heterocycles. The van der Waals surface area contributed by atoms with Gasteiger partial charge in [0.1, 0.15) is 5.82 Å². The molecule has 0 N–H and O–H groups in total. The van der Waals surface area contributed by atoms with Crippen molar-refractivity contribution in [3.8, 4) is 11.5 Å². The smallest absolute Gasteiger partial charge is 0.247 e. The fraction of sp³-hybridized carbons (Fsp3) is 0.625. The summed E-state index contributed by atoms with van der Waals surface area (Å²) in [6.07, 6.45) is 9.20. The van der Waals surface area contributed by atoms with Crippen LogP contribution in [0.4, 0.5) is 4.39 Å². The van der Waals surface area contributed by atoms with Gasteiger partial charge in [-0.1, -0.05) is 0 Å².